The summed E-state index contributed by atoms with van der Waals surface area (Å²) in [5, 5.41) is 0.236. The van der Waals surface area contributed by atoms with Crippen molar-refractivity contribution in [1.82, 2.24) is 4.72 Å². The molecule has 1 heterocycles. The molecule has 19 heavy (non-hydrogen) atoms. The molecule has 1 fully saturated rings. The zero-order valence-corrected chi connectivity index (χ0v) is 14.6. The molecular formula is C11H12BrCl2NO2S2. The van der Waals surface area contributed by atoms with Crippen LogP contribution in [0.5, 0.6) is 0 Å². The van der Waals surface area contributed by atoms with Gasteiger partial charge < -0.3 is 0 Å². The number of nitrogens with one attached hydrogen (secondary N) is 1. The smallest absolute Gasteiger partial charge is 0.211 e. The summed E-state index contributed by atoms with van der Waals surface area (Å²) in [6, 6.07) is 3.04. The van der Waals surface area contributed by atoms with Gasteiger partial charge in [-0.2, -0.15) is 11.8 Å². The number of benzene rings is 1. The van der Waals surface area contributed by atoms with Gasteiger partial charge in [-0.1, -0.05) is 39.1 Å². The van der Waals surface area contributed by atoms with Crippen LogP contribution < -0.4 is 4.72 Å². The van der Waals surface area contributed by atoms with Crippen molar-refractivity contribution < 1.29 is 8.42 Å². The zero-order valence-electron chi connectivity index (χ0n) is 9.83. The number of halogens is 3. The van der Waals surface area contributed by atoms with Gasteiger partial charge >= 0.3 is 0 Å². The first-order chi connectivity index (χ1) is 8.90. The van der Waals surface area contributed by atoms with Crippen LogP contribution in [0.4, 0.5) is 0 Å². The molecule has 1 saturated heterocycles. The maximum atomic E-state index is 12.2. The Kier molecular flexibility index (Phi) is 5.48. The van der Waals surface area contributed by atoms with Crippen LogP contribution in [-0.4, -0.2) is 26.5 Å². The van der Waals surface area contributed by atoms with Gasteiger partial charge in [0.2, 0.25) is 10.0 Å². The zero-order chi connectivity index (χ0) is 14.0. The van der Waals surface area contributed by atoms with Gasteiger partial charge in [0.15, 0.2) is 0 Å². The van der Waals surface area contributed by atoms with E-state index >= 15 is 0 Å². The van der Waals surface area contributed by atoms with Crippen LogP contribution in [0, 0.1) is 5.92 Å². The molecule has 0 bridgehead atoms. The number of thioether (sulfide) groups is 1. The minimum atomic E-state index is -3.67. The Hall–Kier alpha value is 0.540. The van der Waals surface area contributed by atoms with Gasteiger partial charge in [-0.05, 0) is 36.0 Å². The molecule has 1 unspecified atom stereocenters. The molecule has 1 aliphatic heterocycles. The highest BCUT2D eigenvalue weighted by atomic mass is 79.9. The standard InChI is InChI=1S/C11H12BrCl2NO2S2/c12-8-3-9(13)11(10(14)4-8)19(16,17)15-5-7-1-2-18-6-7/h3-4,7,15H,1-2,5-6H2. The highest BCUT2D eigenvalue weighted by Gasteiger charge is 2.24. The Morgan fingerprint density at radius 1 is 1.37 bits per heavy atom. The molecule has 1 aromatic carbocycles. The number of hydrogen-bond acceptors (Lipinski definition) is 3. The van der Waals surface area contributed by atoms with Gasteiger partial charge in [0.1, 0.15) is 4.90 Å². The van der Waals surface area contributed by atoms with Crippen molar-refractivity contribution in [3.63, 3.8) is 0 Å². The topological polar surface area (TPSA) is 46.2 Å². The van der Waals surface area contributed by atoms with Crippen molar-refractivity contribution in [1.29, 1.82) is 0 Å². The van der Waals surface area contributed by atoms with E-state index in [-0.39, 0.29) is 14.9 Å². The quantitative estimate of drug-likeness (QED) is 0.830. The minimum Gasteiger partial charge on any atom is -0.211 e. The summed E-state index contributed by atoms with van der Waals surface area (Å²) in [7, 11) is -3.67. The summed E-state index contributed by atoms with van der Waals surface area (Å²) < 4.78 is 27.7. The molecule has 3 nitrogen and oxygen atoms in total. The van der Waals surface area contributed by atoms with E-state index in [1.165, 1.54) is 12.1 Å². The van der Waals surface area contributed by atoms with E-state index in [1.807, 2.05) is 11.8 Å². The molecule has 0 saturated carbocycles. The summed E-state index contributed by atoms with van der Waals surface area (Å²) in [5.74, 6) is 2.46. The van der Waals surface area contributed by atoms with E-state index in [9.17, 15) is 8.42 Å². The van der Waals surface area contributed by atoms with Crippen LogP contribution in [0.1, 0.15) is 6.42 Å². The molecule has 2 rings (SSSR count). The van der Waals surface area contributed by atoms with Crippen molar-refractivity contribution in [3.8, 4) is 0 Å². The van der Waals surface area contributed by atoms with E-state index in [2.05, 4.69) is 20.7 Å². The normalized spacial score (nSPS) is 19.8. The fourth-order valence-corrected chi connectivity index (χ4v) is 6.16. The number of rotatable bonds is 4. The van der Waals surface area contributed by atoms with Crippen LogP contribution >= 0.6 is 50.9 Å². The molecule has 1 atom stereocenters. The third-order valence-corrected chi connectivity index (χ3v) is 6.85. The van der Waals surface area contributed by atoms with E-state index < -0.39 is 10.0 Å². The predicted octanol–water partition coefficient (Wildman–Crippen LogP) is 3.79. The Morgan fingerprint density at radius 2 is 2.00 bits per heavy atom. The second-order valence-corrected chi connectivity index (χ2v) is 8.86. The van der Waals surface area contributed by atoms with Gasteiger partial charge in [0, 0.05) is 11.0 Å². The molecular weight excluding hydrogens is 393 g/mol. The van der Waals surface area contributed by atoms with Crippen LogP contribution in [0.25, 0.3) is 0 Å². The molecule has 0 aromatic heterocycles. The monoisotopic (exact) mass is 403 g/mol. The maximum absolute atomic E-state index is 12.2. The molecule has 106 valence electrons. The summed E-state index contributed by atoms with van der Waals surface area (Å²) in [5.41, 5.74) is 0. The van der Waals surface area contributed by atoms with Crippen LogP contribution in [0.15, 0.2) is 21.5 Å². The summed E-state index contributed by atoms with van der Waals surface area (Å²) in [4.78, 5) is -0.0512. The lowest BCUT2D eigenvalue weighted by Gasteiger charge is -2.13. The lowest BCUT2D eigenvalue weighted by molar-refractivity contribution is 0.546. The first kappa shape index (κ1) is 15.9. The fraction of sp³-hybridized carbons (Fsp3) is 0.455. The summed E-state index contributed by atoms with van der Waals surface area (Å²) >= 11 is 17.0. The third kappa shape index (κ3) is 4.02. The molecule has 0 aliphatic carbocycles. The van der Waals surface area contributed by atoms with Gasteiger partial charge in [-0.15, -0.1) is 0 Å². The average Bonchev–Trinajstić information content (AvgIpc) is 2.77. The van der Waals surface area contributed by atoms with Crippen molar-refractivity contribution in [2.45, 2.75) is 11.3 Å². The SMILES string of the molecule is O=S(=O)(NCC1CCSC1)c1c(Cl)cc(Br)cc1Cl. The van der Waals surface area contributed by atoms with E-state index in [0.717, 1.165) is 17.9 Å². The summed E-state index contributed by atoms with van der Waals surface area (Å²) in [6.07, 6.45) is 1.04. The Labute approximate surface area is 135 Å². The molecule has 0 radical (unpaired) electrons. The highest BCUT2D eigenvalue weighted by Crippen LogP contribution is 2.33. The van der Waals surface area contributed by atoms with Crippen molar-refractivity contribution in [2.75, 3.05) is 18.1 Å². The van der Waals surface area contributed by atoms with E-state index in [4.69, 9.17) is 23.2 Å². The lowest BCUT2D eigenvalue weighted by atomic mass is 10.1. The first-order valence-electron chi connectivity index (χ1n) is 5.62. The van der Waals surface area contributed by atoms with E-state index in [0.29, 0.717) is 16.9 Å². The Morgan fingerprint density at radius 3 is 2.53 bits per heavy atom. The molecule has 0 spiro atoms. The Balaban J connectivity index is 2.19. The van der Waals surface area contributed by atoms with Crippen LogP contribution in [-0.2, 0) is 10.0 Å². The summed E-state index contributed by atoms with van der Waals surface area (Å²) in [6.45, 7) is 0.429. The van der Waals surface area contributed by atoms with Gasteiger partial charge in [-0.3, -0.25) is 0 Å². The average molecular weight is 405 g/mol. The van der Waals surface area contributed by atoms with Crippen LogP contribution in [0.3, 0.4) is 0 Å². The molecule has 8 heteroatoms. The lowest BCUT2D eigenvalue weighted by Crippen LogP contribution is -2.29. The van der Waals surface area contributed by atoms with Gasteiger partial charge in [0.25, 0.3) is 0 Å². The third-order valence-electron chi connectivity index (χ3n) is 2.82. The minimum absolute atomic E-state index is 0.0512. The molecule has 0 amide bonds. The highest BCUT2D eigenvalue weighted by molar-refractivity contribution is 9.10. The first-order valence-corrected chi connectivity index (χ1v) is 9.81. The largest absolute Gasteiger partial charge is 0.243 e. The van der Waals surface area contributed by atoms with Gasteiger partial charge in [-0.25, -0.2) is 13.1 Å². The van der Waals surface area contributed by atoms with Gasteiger partial charge in [0.05, 0.1) is 10.0 Å². The van der Waals surface area contributed by atoms with Crippen molar-refractivity contribution in [2.24, 2.45) is 5.92 Å². The predicted molar refractivity (Wildman–Crippen MR) is 84.8 cm³/mol. The van der Waals surface area contributed by atoms with E-state index in [1.54, 1.807) is 0 Å². The van der Waals surface area contributed by atoms with Crippen molar-refractivity contribution >= 4 is 60.9 Å². The van der Waals surface area contributed by atoms with Crippen LogP contribution in [0.2, 0.25) is 10.0 Å². The number of sulfonamides is 1. The molecule has 1 N–H and O–H groups in total. The fourth-order valence-electron chi connectivity index (χ4n) is 1.83. The second-order valence-electron chi connectivity index (χ2n) is 4.28. The number of hydrogen-bond donors (Lipinski definition) is 1. The molecule has 1 aliphatic rings. The maximum Gasteiger partial charge on any atom is 0.243 e. The Bertz CT molecular complexity index is 551. The molecule has 1 aromatic rings. The van der Waals surface area contributed by atoms with Crippen molar-refractivity contribution in [3.05, 3.63) is 26.7 Å². The second kappa shape index (κ2) is 6.54.